The Labute approximate surface area is 157 Å². The number of thioether (sulfide) groups is 1. The molecule has 1 atom stereocenters. The largest absolute Gasteiger partial charge is 0.350 e. The lowest BCUT2D eigenvalue weighted by atomic mass is 10.0. The molecule has 9 heteroatoms. The van der Waals surface area contributed by atoms with Crippen LogP contribution in [0.2, 0.25) is 0 Å². The molecule has 0 radical (unpaired) electrons. The maximum atomic E-state index is 12.5. The molecular formula is C17H24N2O5S2. The van der Waals surface area contributed by atoms with Crippen LogP contribution in [0.15, 0.2) is 21.2 Å². The second-order valence-electron chi connectivity index (χ2n) is 6.28. The summed E-state index contributed by atoms with van der Waals surface area (Å²) < 4.78 is 38.6. The third kappa shape index (κ3) is 4.40. The van der Waals surface area contributed by atoms with Gasteiger partial charge in [-0.2, -0.15) is 0 Å². The Morgan fingerprint density at radius 3 is 2.77 bits per heavy atom. The molecule has 1 fully saturated rings. The van der Waals surface area contributed by atoms with Gasteiger partial charge in [-0.15, -0.1) is 11.8 Å². The first kappa shape index (κ1) is 19.6. The minimum Gasteiger partial charge on any atom is -0.350 e. The first-order valence-corrected chi connectivity index (χ1v) is 11.1. The van der Waals surface area contributed by atoms with Gasteiger partial charge in [0.25, 0.3) is 5.56 Å². The van der Waals surface area contributed by atoms with Crippen LogP contribution in [0, 0.1) is 6.92 Å². The van der Waals surface area contributed by atoms with Crippen LogP contribution < -0.4 is 10.3 Å². The average molecular weight is 401 g/mol. The quantitative estimate of drug-likeness (QED) is 0.726. The van der Waals surface area contributed by atoms with Crippen molar-refractivity contribution in [2.75, 3.05) is 19.8 Å². The van der Waals surface area contributed by atoms with Gasteiger partial charge >= 0.3 is 0 Å². The summed E-state index contributed by atoms with van der Waals surface area (Å²) in [6.07, 6.45) is 3.17. The van der Waals surface area contributed by atoms with Crippen molar-refractivity contribution in [2.45, 2.75) is 44.6 Å². The van der Waals surface area contributed by atoms with E-state index in [2.05, 4.69) is 9.71 Å². The van der Waals surface area contributed by atoms with Crippen molar-refractivity contribution in [1.82, 2.24) is 9.71 Å². The number of aryl methyl sites for hydroxylation is 2. The second-order valence-corrected chi connectivity index (χ2v) is 9.52. The molecule has 0 saturated carbocycles. The van der Waals surface area contributed by atoms with Gasteiger partial charge in [-0.05, 0) is 31.4 Å². The zero-order valence-corrected chi connectivity index (χ0v) is 16.5. The Morgan fingerprint density at radius 2 is 2.08 bits per heavy atom. The van der Waals surface area contributed by atoms with Gasteiger partial charge in [0.2, 0.25) is 10.0 Å². The molecule has 0 spiro atoms. The SMILES string of the molecule is CCc1cc(C2CC=C(S(=O)(=O)NCCC3OCCO3)S2)c(C)[nH]c1=O. The Kier molecular flexibility index (Phi) is 6.24. The van der Waals surface area contributed by atoms with E-state index in [1.165, 1.54) is 11.8 Å². The standard InChI is InChI=1S/C17H24N2O5S2/c1-3-12-10-13(11(2)19-17(12)20)14-4-5-16(25-14)26(21,22)18-7-6-15-23-8-9-24-15/h5,10,14-15,18H,3-4,6-9H2,1-2H3,(H,19,20). The van der Waals surface area contributed by atoms with Gasteiger partial charge in [-0.25, -0.2) is 13.1 Å². The van der Waals surface area contributed by atoms with Gasteiger partial charge in [0.05, 0.1) is 13.2 Å². The van der Waals surface area contributed by atoms with Crippen LogP contribution in [0.4, 0.5) is 0 Å². The fourth-order valence-electron chi connectivity index (χ4n) is 3.04. The van der Waals surface area contributed by atoms with Gasteiger partial charge in [-0.3, -0.25) is 4.79 Å². The van der Waals surface area contributed by atoms with E-state index in [1.54, 1.807) is 6.08 Å². The number of hydrogen-bond donors (Lipinski definition) is 2. The Balaban J connectivity index is 1.62. The number of hydrogen-bond acceptors (Lipinski definition) is 6. The normalized spacial score (nSPS) is 21.3. The molecule has 1 aromatic rings. The fourth-order valence-corrected chi connectivity index (χ4v) is 5.95. The predicted octanol–water partition coefficient (Wildman–Crippen LogP) is 1.95. The van der Waals surface area contributed by atoms with Crippen LogP contribution in [0.25, 0.3) is 0 Å². The van der Waals surface area contributed by atoms with Crippen LogP contribution in [0.3, 0.4) is 0 Å². The fraction of sp³-hybridized carbons (Fsp3) is 0.588. The number of sulfonamides is 1. The van der Waals surface area contributed by atoms with Crippen molar-refractivity contribution in [3.05, 3.63) is 43.6 Å². The van der Waals surface area contributed by atoms with Gasteiger partial charge in [0, 0.05) is 29.5 Å². The van der Waals surface area contributed by atoms with E-state index in [9.17, 15) is 13.2 Å². The first-order valence-electron chi connectivity index (χ1n) is 8.73. The summed E-state index contributed by atoms with van der Waals surface area (Å²) in [7, 11) is -3.54. The topological polar surface area (TPSA) is 97.5 Å². The monoisotopic (exact) mass is 400 g/mol. The lowest BCUT2D eigenvalue weighted by Crippen LogP contribution is -2.27. The number of H-pyrrole nitrogens is 1. The van der Waals surface area contributed by atoms with E-state index < -0.39 is 10.0 Å². The molecule has 1 saturated heterocycles. The highest BCUT2D eigenvalue weighted by Gasteiger charge is 2.29. The molecule has 1 unspecified atom stereocenters. The molecule has 3 heterocycles. The molecule has 0 bridgehead atoms. The molecular weight excluding hydrogens is 376 g/mol. The number of pyridine rings is 1. The van der Waals surface area contributed by atoms with Crippen LogP contribution in [-0.4, -0.2) is 39.5 Å². The van der Waals surface area contributed by atoms with Crippen molar-refractivity contribution in [1.29, 1.82) is 0 Å². The van der Waals surface area contributed by atoms with Gasteiger partial charge in [0.15, 0.2) is 6.29 Å². The molecule has 0 aliphatic carbocycles. The van der Waals surface area contributed by atoms with Crippen molar-refractivity contribution in [3.63, 3.8) is 0 Å². The molecule has 0 aromatic carbocycles. The molecule has 1 aromatic heterocycles. The Hall–Kier alpha value is -1.13. The van der Waals surface area contributed by atoms with Crippen molar-refractivity contribution in [3.8, 4) is 0 Å². The lowest BCUT2D eigenvalue weighted by molar-refractivity contribution is -0.0451. The highest BCUT2D eigenvalue weighted by Crippen LogP contribution is 2.46. The van der Waals surface area contributed by atoms with E-state index in [-0.39, 0.29) is 23.6 Å². The Morgan fingerprint density at radius 1 is 1.35 bits per heavy atom. The zero-order chi connectivity index (χ0) is 18.7. The molecule has 2 N–H and O–H groups in total. The van der Waals surface area contributed by atoms with Gasteiger partial charge in [-0.1, -0.05) is 13.0 Å². The van der Waals surface area contributed by atoms with Crippen molar-refractivity contribution < 1.29 is 17.9 Å². The molecule has 0 amide bonds. The molecule has 2 aliphatic rings. The molecule has 144 valence electrons. The number of ether oxygens (including phenoxy) is 2. The molecule has 7 nitrogen and oxygen atoms in total. The van der Waals surface area contributed by atoms with Gasteiger partial charge in [0.1, 0.15) is 4.24 Å². The highest BCUT2D eigenvalue weighted by atomic mass is 32.3. The van der Waals surface area contributed by atoms with Gasteiger partial charge < -0.3 is 14.5 Å². The molecule has 2 aliphatic heterocycles. The average Bonchev–Trinajstić information content (AvgIpc) is 3.26. The van der Waals surface area contributed by atoms with Crippen LogP contribution >= 0.6 is 11.8 Å². The zero-order valence-electron chi connectivity index (χ0n) is 14.9. The minimum absolute atomic E-state index is 0.00905. The highest BCUT2D eigenvalue weighted by molar-refractivity contribution is 8.18. The van der Waals surface area contributed by atoms with E-state index in [4.69, 9.17) is 9.47 Å². The third-order valence-electron chi connectivity index (χ3n) is 4.47. The summed E-state index contributed by atoms with van der Waals surface area (Å²) in [4.78, 5) is 14.8. The van der Waals surface area contributed by atoms with E-state index >= 15 is 0 Å². The number of nitrogens with one attached hydrogen (secondary N) is 2. The summed E-state index contributed by atoms with van der Waals surface area (Å²) in [5, 5.41) is -0.00905. The number of rotatable bonds is 7. The molecule has 26 heavy (non-hydrogen) atoms. The first-order chi connectivity index (χ1) is 12.4. The smallest absolute Gasteiger partial charge is 0.251 e. The Bertz CT molecular complexity index is 841. The number of aromatic amines is 1. The summed E-state index contributed by atoms with van der Waals surface area (Å²) in [5.41, 5.74) is 2.42. The van der Waals surface area contributed by atoms with E-state index in [0.717, 1.165) is 16.8 Å². The van der Waals surface area contributed by atoms with Crippen molar-refractivity contribution in [2.24, 2.45) is 0 Å². The summed E-state index contributed by atoms with van der Waals surface area (Å²) in [6.45, 7) is 5.16. The van der Waals surface area contributed by atoms with Crippen LogP contribution in [0.1, 0.15) is 41.8 Å². The van der Waals surface area contributed by atoms with Crippen molar-refractivity contribution >= 4 is 21.8 Å². The summed E-state index contributed by atoms with van der Waals surface area (Å²) >= 11 is 1.32. The number of aromatic nitrogens is 1. The second kappa shape index (κ2) is 8.26. The maximum absolute atomic E-state index is 12.5. The van der Waals surface area contributed by atoms with E-state index in [1.807, 2.05) is 19.9 Å². The number of allylic oxidation sites excluding steroid dienone is 1. The summed E-state index contributed by atoms with van der Waals surface area (Å²) in [5.74, 6) is 0. The predicted molar refractivity (Wildman–Crippen MR) is 101 cm³/mol. The van der Waals surface area contributed by atoms with Crippen LogP contribution in [0.5, 0.6) is 0 Å². The summed E-state index contributed by atoms with van der Waals surface area (Å²) in [6, 6.07) is 1.90. The van der Waals surface area contributed by atoms with E-state index in [0.29, 0.717) is 36.7 Å². The third-order valence-corrected chi connectivity index (χ3v) is 7.83. The van der Waals surface area contributed by atoms with Crippen LogP contribution in [-0.2, 0) is 25.9 Å². The lowest BCUT2D eigenvalue weighted by Gasteiger charge is -2.15. The minimum atomic E-state index is -3.54. The molecule has 3 rings (SSSR count). The maximum Gasteiger partial charge on any atom is 0.251 e.